The van der Waals surface area contributed by atoms with Crippen molar-refractivity contribution in [1.29, 1.82) is 0 Å². The minimum Gasteiger partial charge on any atom is -0.461 e. The minimum absolute atomic E-state index is 0.751. The van der Waals surface area contributed by atoms with E-state index >= 15 is 0 Å². The van der Waals surface area contributed by atoms with Crippen molar-refractivity contribution in [2.24, 2.45) is 23.7 Å². The fourth-order valence-corrected chi connectivity index (χ4v) is 6.96. The van der Waals surface area contributed by atoms with Gasteiger partial charge in [0, 0.05) is 68.8 Å². The third-order valence-corrected chi connectivity index (χ3v) is 8.83. The zero-order valence-electron chi connectivity index (χ0n) is 19.3. The molecule has 0 aliphatic carbocycles. The lowest BCUT2D eigenvalue weighted by Crippen LogP contribution is -2.25. The van der Waals surface area contributed by atoms with Crippen LogP contribution in [0, 0.1) is 23.7 Å². The molecule has 4 unspecified atom stereocenters. The molecule has 4 aromatic rings. The molecule has 4 aliphatic heterocycles. The van der Waals surface area contributed by atoms with Gasteiger partial charge in [-0.05, 0) is 54.0 Å². The molecule has 2 aromatic carbocycles. The van der Waals surface area contributed by atoms with E-state index in [-0.39, 0.29) is 0 Å². The van der Waals surface area contributed by atoms with Crippen LogP contribution >= 0.6 is 0 Å². The molecule has 0 saturated carbocycles. The zero-order chi connectivity index (χ0) is 22.2. The van der Waals surface area contributed by atoms with Crippen molar-refractivity contribution in [3.63, 3.8) is 0 Å². The van der Waals surface area contributed by atoms with Crippen molar-refractivity contribution in [3.8, 4) is 11.3 Å². The Bertz CT molecular complexity index is 1370. The van der Waals surface area contributed by atoms with Crippen LogP contribution in [0.4, 0.5) is 11.4 Å². The first-order valence-electron chi connectivity index (χ1n) is 12.8. The second kappa shape index (κ2) is 7.27. The number of para-hydroxylation sites is 1. The molecule has 34 heavy (non-hydrogen) atoms. The fourth-order valence-electron chi connectivity index (χ4n) is 6.96. The Morgan fingerprint density at radius 2 is 1.47 bits per heavy atom. The highest BCUT2D eigenvalue weighted by Crippen LogP contribution is 2.41. The van der Waals surface area contributed by atoms with Crippen LogP contribution in [0.1, 0.15) is 0 Å². The molecule has 8 rings (SSSR count). The summed E-state index contributed by atoms with van der Waals surface area (Å²) in [5.74, 6) is 3.96. The lowest BCUT2D eigenvalue weighted by atomic mass is 10.0. The standard InChI is InChI=1S/C28H30N4O2/c1-2-23-24(16-33-28(23)25(3-1)32-14-20-10-30-11-21(20)15-32)27-7-17-6-22(4-5-26(17)34-27)31-12-18-8-29-9-19(18)13-31/h1-7,16,18-21,29-30H,8-15H2. The second-order valence-corrected chi connectivity index (χ2v) is 10.8. The number of nitrogens with one attached hydrogen (secondary N) is 2. The Hall–Kier alpha value is -2.96. The maximum Gasteiger partial charge on any atom is 0.157 e. The van der Waals surface area contributed by atoms with Gasteiger partial charge in [0.15, 0.2) is 5.58 Å². The average molecular weight is 455 g/mol. The van der Waals surface area contributed by atoms with Crippen molar-refractivity contribution >= 4 is 33.3 Å². The van der Waals surface area contributed by atoms with Gasteiger partial charge in [-0.1, -0.05) is 12.1 Å². The summed E-state index contributed by atoms with van der Waals surface area (Å²) < 4.78 is 12.5. The number of benzene rings is 2. The molecule has 4 fully saturated rings. The van der Waals surface area contributed by atoms with Gasteiger partial charge in [0.25, 0.3) is 0 Å². The number of fused-ring (bicyclic) bond motifs is 4. The molecule has 0 radical (unpaired) electrons. The van der Waals surface area contributed by atoms with Crippen molar-refractivity contribution in [2.45, 2.75) is 0 Å². The molecule has 2 aromatic heterocycles. The van der Waals surface area contributed by atoms with Gasteiger partial charge in [-0.3, -0.25) is 0 Å². The second-order valence-electron chi connectivity index (χ2n) is 10.8. The number of nitrogens with zero attached hydrogens (tertiary/aromatic N) is 2. The maximum absolute atomic E-state index is 6.33. The van der Waals surface area contributed by atoms with Crippen molar-refractivity contribution in [2.75, 3.05) is 62.2 Å². The summed E-state index contributed by atoms with van der Waals surface area (Å²) in [4.78, 5) is 5.06. The molecule has 6 heteroatoms. The van der Waals surface area contributed by atoms with Gasteiger partial charge in [0.1, 0.15) is 17.6 Å². The van der Waals surface area contributed by atoms with Crippen molar-refractivity contribution < 1.29 is 8.83 Å². The van der Waals surface area contributed by atoms with E-state index in [1.807, 2.05) is 6.26 Å². The highest BCUT2D eigenvalue weighted by Gasteiger charge is 2.37. The number of furan rings is 2. The van der Waals surface area contributed by atoms with Gasteiger partial charge in [0.2, 0.25) is 0 Å². The van der Waals surface area contributed by atoms with Gasteiger partial charge in [0.05, 0.1) is 11.3 Å². The molecule has 4 saturated heterocycles. The molecular weight excluding hydrogens is 424 g/mol. The van der Waals surface area contributed by atoms with Crippen LogP contribution in [0.2, 0.25) is 0 Å². The topological polar surface area (TPSA) is 56.8 Å². The lowest BCUT2D eigenvalue weighted by Gasteiger charge is -2.19. The van der Waals surface area contributed by atoms with Gasteiger partial charge < -0.3 is 29.3 Å². The number of hydrogen-bond donors (Lipinski definition) is 2. The van der Waals surface area contributed by atoms with E-state index in [4.69, 9.17) is 8.83 Å². The quantitative estimate of drug-likeness (QED) is 0.485. The average Bonchev–Trinajstić information content (AvgIpc) is 3.65. The van der Waals surface area contributed by atoms with E-state index in [0.29, 0.717) is 0 Å². The number of anilines is 2. The predicted octanol–water partition coefficient (Wildman–Crippen LogP) is 4.16. The van der Waals surface area contributed by atoms with E-state index in [9.17, 15) is 0 Å². The van der Waals surface area contributed by atoms with Crippen molar-refractivity contribution in [1.82, 2.24) is 10.6 Å². The zero-order valence-corrected chi connectivity index (χ0v) is 19.3. The summed E-state index contributed by atoms with van der Waals surface area (Å²) in [5.41, 5.74) is 5.47. The summed E-state index contributed by atoms with van der Waals surface area (Å²) in [6, 6.07) is 15.3. The maximum atomic E-state index is 6.33. The minimum atomic E-state index is 0.751. The third kappa shape index (κ3) is 2.88. The van der Waals surface area contributed by atoms with Crippen LogP contribution < -0.4 is 20.4 Å². The van der Waals surface area contributed by atoms with Crippen LogP contribution in [0.25, 0.3) is 33.3 Å². The van der Waals surface area contributed by atoms with Gasteiger partial charge in [-0.25, -0.2) is 0 Å². The molecular formula is C28H30N4O2. The Labute approximate surface area is 198 Å². The first-order valence-corrected chi connectivity index (χ1v) is 12.8. The van der Waals surface area contributed by atoms with E-state index in [0.717, 1.165) is 109 Å². The Kier molecular flexibility index (Phi) is 4.14. The van der Waals surface area contributed by atoms with Crippen LogP contribution in [-0.2, 0) is 0 Å². The molecule has 0 amide bonds. The van der Waals surface area contributed by atoms with Crippen molar-refractivity contribution in [3.05, 3.63) is 48.7 Å². The van der Waals surface area contributed by atoms with E-state index < -0.39 is 0 Å². The van der Waals surface area contributed by atoms with Crippen LogP contribution in [0.15, 0.2) is 57.6 Å². The summed E-state index contributed by atoms with van der Waals surface area (Å²) in [5, 5.41) is 9.36. The van der Waals surface area contributed by atoms with Crippen LogP contribution in [0.5, 0.6) is 0 Å². The first kappa shape index (κ1) is 19.4. The fraction of sp³-hybridized carbons (Fsp3) is 0.429. The molecule has 6 nitrogen and oxygen atoms in total. The number of rotatable bonds is 3. The SMILES string of the molecule is c1cc(N2CC3CNCC3C2)c2occ(-c3cc4cc(N5CC6CNCC6C5)ccc4o3)c2c1. The molecule has 6 heterocycles. The smallest absolute Gasteiger partial charge is 0.157 e. The number of hydrogen-bond acceptors (Lipinski definition) is 6. The summed E-state index contributed by atoms with van der Waals surface area (Å²) in [7, 11) is 0. The van der Waals surface area contributed by atoms with Crippen LogP contribution in [-0.4, -0.2) is 52.4 Å². The Morgan fingerprint density at radius 3 is 2.21 bits per heavy atom. The molecule has 4 aliphatic rings. The predicted molar refractivity (Wildman–Crippen MR) is 136 cm³/mol. The Balaban J connectivity index is 1.12. The third-order valence-electron chi connectivity index (χ3n) is 8.83. The van der Waals surface area contributed by atoms with E-state index in [1.165, 1.54) is 11.4 Å². The molecule has 0 spiro atoms. The monoisotopic (exact) mass is 454 g/mol. The van der Waals surface area contributed by atoms with Crippen LogP contribution in [0.3, 0.4) is 0 Å². The molecule has 4 atom stereocenters. The van der Waals surface area contributed by atoms with Gasteiger partial charge >= 0.3 is 0 Å². The van der Waals surface area contributed by atoms with Gasteiger partial charge in [-0.2, -0.15) is 0 Å². The summed E-state index contributed by atoms with van der Waals surface area (Å²) in [6.07, 6.45) is 1.87. The normalized spacial score (nSPS) is 28.5. The highest BCUT2D eigenvalue weighted by atomic mass is 16.3. The molecule has 0 bridgehead atoms. The molecule has 2 N–H and O–H groups in total. The van der Waals surface area contributed by atoms with Gasteiger partial charge in [-0.15, -0.1) is 0 Å². The summed E-state index contributed by atoms with van der Waals surface area (Å²) in [6.45, 7) is 9.10. The molecule has 174 valence electrons. The first-order chi connectivity index (χ1) is 16.8. The van der Waals surface area contributed by atoms with E-state index in [1.54, 1.807) is 0 Å². The van der Waals surface area contributed by atoms with E-state index in [2.05, 4.69) is 62.9 Å². The summed E-state index contributed by atoms with van der Waals surface area (Å²) >= 11 is 0. The highest BCUT2D eigenvalue weighted by molar-refractivity contribution is 6.01. The Morgan fingerprint density at radius 1 is 0.765 bits per heavy atom. The largest absolute Gasteiger partial charge is 0.461 e. The lowest BCUT2D eigenvalue weighted by molar-refractivity contribution is 0.533.